The third-order valence-electron chi connectivity index (χ3n) is 11.2. The van der Waals surface area contributed by atoms with Crippen molar-refractivity contribution in [2.75, 3.05) is 4.90 Å². The van der Waals surface area contributed by atoms with Crippen LogP contribution in [0.1, 0.15) is 0 Å². The second-order valence-corrected chi connectivity index (χ2v) is 14.5. The number of fused-ring (bicyclic) bond motifs is 6. The highest BCUT2D eigenvalue weighted by atomic mass is 16.3. The summed E-state index contributed by atoms with van der Waals surface area (Å²) in [5, 5.41) is 9.58. The normalized spacial score (nSPS) is 11.6. The smallest absolute Gasteiger partial charge is 0.143 e. The van der Waals surface area contributed by atoms with Crippen LogP contribution in [0.15, 0.2) is 217 Å². The van der Waals surface area contributed by atoms with Gasteiger partial charge in [-0.05, 0) is 103 Å². The molecule has 0 fully saturated rings. The quantitative estimate of drug-likeness (QED) is 0.171. The maximum absolute atomic E-state index is 6.79. The lowest BCUT2D eigenvalue weighted by atomic mass is 9.97. The van der Waals surface area contributed by atoms with Crippen LogP contribution < -0.4 is 4.90 Å². The highest BCUT2D eigenvalue weighted by Gasteiger charge is 2.21. The molecule has 0 atom stereocenters. The molecule has 1 aromatic heterocycles. The number of nitrogens with zero attached hydrogens (tertiary/aromatic N) is 1. The number of benzene rings is 10. The van der Waals surface area contributed by atoms with Gasteiger partial charge in [-0.2, -0.15) is 0 Å². The Balaban J connectivity index is 1.10. The van der Waals surface area contributed by atoms with E-state index in [-0.39, 0.29) is 0 Å². The molecule has 10 aromatic carbocycles. The Morgan fingerprint density at radius 1 is 0.304 bits per heavy atom. The molecular weight excluding hydrogens is 679 g/mol. The van der Waals surface area contributed by atoms with E-state index in [0.717, 1.165) is 55.7 Å². The van der Waals surface area contributed by atoms with Gasteiger partial charge in [-0.25, -0.2) is 0 Å². The molecule has 11 rings (SSSR count). The summed E-state index contributed by atoms with van der Waals surface area (Å²) < 4.78 is 6.79. The highest BCUT2D eigenvalue weighted by molar-refractivity contribution is 6.14. The molecule has 2 nitrogen and oxygen atoms in total. The van der Waals surface area contributed by atoms with E-state index < -0.39 is 0 Å². The lowest BCUT2D eigenvalue weighted by Gasteiger charge is -2.28. The average Bonchev–Trinajstić information content (AvgIpc) is 3.63. The first-order chi connectivity index (χ1) is 27.7. The third-order valence-corrected chi connectivity index (χ3v) is 11.2. The molecule has 2 heteroatoms. The molecule has 0 saturated carbocycles. The number of rotatable bonds is 6. The predicted octanol–water partition coefficient (Wildman–Crippen LogP) is 15.5. The third kappa shape index (κ3) is 5.42. The van der Waals surface area contributed by atoms with Crippen LogP contribution >= 0.6 is 0 Å². The van der Waals surface area contributed by atoms with E-state index in [1.54, 1.807) is 0 Å². The number of anilines is 3. The minimum absolute atomic E-state index is 0.890. The van der Waals surface area contributed by atoms with Gasteiger partial charge < -0.3 is 9.32 Å². The van der Waals surface area contributed by atoms with Gasteiger partial charge in [0.05, 0.1) is 5.69 Å². The Morgan fingerprint density at radius 3 is 1.75 bits per heavy atom. The zero-order valence-corrected chi connectivity index (χ0v) is 30.6. The molecule has 0 aliphatic carbocycles. The largest absolute Gasteiger partial charge is 0.455 e. The zero-order valence-electron chi connectivity index (χ0n) is 30.6. The van der Waals surface area contributed by atoms with Gasteiger partial charge in [0.2, 0.25) is 0 Å². The number of para-hydroxylation sites is 2. The fraction of sp³-hybridized carbons (Fsp3) is 0. The molecule has 0 aliphatic rings. The summed E-state index contributed by atoms with van der Waals surface area (Å²) in [7, 11) is 0. The van der Waals surface area contributed by atoms with Crippen LogP contribution in [0.25, 0.3) is 87.6 Å². The lowest BCUT2D eigenvalue weighted by Crippen LogP contribution is -2.11. The van der Waals surface area contributed by atoms with Crippen molar-refractivity contribution >= 4 is 71.3 Å². The summed E-state index contributed by atoms with van der Waals surface area (Å²) in [5.41, 5.74) is 11.9. The molecule has 0 radical (unpaired) electrons. The number of furan rings is 1. The van der Waals surface area contributed by atoms with Crippen molar-refractivity contribution in [2.45, 2.75) is 0 Å². The molecule has 262 valence electrons. The molecule has 0 unspecified atom stereocenters. The van der Waals surface area contributed by atoms with Gasteiger partial charge in [-0.3, -0.25) is 0 Å². The van der Waals surface area contributed by atoms with Crippen LogP contribution in [0.2, 0.25) is 0 Å². The van der Waals surface area contributed by atoms with Crippen molar-refractivity contribution in [2.24, 2.45) is 0 Å². The first-order valence-corrected chi connectivity index (χ1v) is 19.2. The summed E-state index contributed by atoms with van der Waals surface area (Å²) in [6.45, 7) is 0. The Bertz CT molecular complexity index is 3260. The Labute approximate surface area is 325 Å². The van der Waals surface area contributed by atoms with E-state index in [0.29, 0.717) is 0 Å². The fourth-order valence-electron chi connectivity index (χ4n) is 8.48. The van der Waals surface area contributed by atoms with E-state index in [1.807, 2.05) is 0 Å². The molecule has 0 amide bonds. The molecule has 0 spiro atoms. The van der Waals surface area contributed by atoms with Gasteiger partial charge in [0.25, 0.3) is 0 Å². The zero-order chi connectivity index (χ0) is 37.0. The molecular formula is C54H35NO. The topological polar surface area (TPSA) is 16.4 Å². The minimum Gasteiger partial charge on any atom is -0.455 e. The van der Waals surface area contributed by atoms with E-state index in [2.05, 4.69) is 217 Å². The highest BCUT2D eigenvalue weighted by Crippen LogP contribution is 2.45. The summed E-state index contributed by atoms with van der Waals surface area (Å²) in [6, 6.07) is 76.5. The van der Waals surface area contributed by atoms with E-state index in [9.17, 15) is 0 Å². The number of hydrogen-bond acceptors (Lipinski definition) is 2. The summed E-state index contributed by atoms with van der Waals surface area (Å²) in [6.07, 6.45) is 0. The summed E-state index contributed by atoms with van der Waals surface area (Å²) >= 11 is 0. The van der Waals surface area contributed by atoms with Crippen LogP contribution in [0.5, 0.6) is 0 Å². The first kappa shape index (κ1) is 32.0. The average molecular weight is 714 g/mol. The monoisotopic (exact) mass is 713 g/mol. The maximum atomic E-state index is 6.79. The van der Waals surface area contributed by atoms with Crippen molar-refractivity contribution in [3.8, 4) is 33.4 Å². The van der Waals surface area contributed by atoms with Gasteiger partial charge in [0.15, 0.2) is 0 Å². The first-order valence-electron chi connectivity index (χ1n) is 19.2. The summed E-state index contributed by atoms with van der Waals surface area (Å²) in [5.74, 6) is 0. The Morgan fingerprint density at radius 2 is 0.893 bits per heavy atom. The van der Waals surface area contributed by atoms with Crippen molar-refractivity contribution in [1.82, 2.24) is 0 Å². The van der Waals surface area contributed by atoms with Crippen molar-refractivity contribution < 1.29 is 4.42 Å². The van der Waals surface area contributed by atoms with E-state index in [4.69, 9.17) is 4.42 Å². The van der Waals surface area contributed by atoms with Crippen LogP contribution in [0.3, 0.4) is 0 Å². The van der Waals surface area contributed by atoms with Gasteiger partial charge in [0.1, 0.15) is 11.2 Å². The molecule has 0 N–H and O–H groups in total. The SMILES string of the molecule is c1cc(-c2ccc3ccccc3c2)cc(N(c2ccc(-c3cccc4ccccc34)cc2)c2ccccc2-c2cccc3c2oc2cc4ccccc4cc23)c1. The van der Waals surface area contributed by atoms with Gasteiger partial charge in [0, 0.05) is 33.3 Å². The molecule has 0 saturated heterocycles. The summed E-state index contributed by atoms with van der Waals surface area (Å²) in [4.78, 5) is 2.39. The van der Waals surface area contributed by atoms with Crippen molar-refractivity contribution in [1.29, 1.82) is 0 Å². The fourth-order valence-corrected chi connectivity index (χ4v) is 8.48. The van der Waals surface area contributed by atoms with Gasteiger partial charge >= 0.3 is 0 Å². The van der Waals surface area contributed by atoms with Gasteiger partial charge in [-0.15, -0.1) is 0 Å². The molecule has 1 heterocycles. The standard InChI is InChI=1S/C54H35NO/c1-2-14-39-32-43(27-26-36(39)12-1)40-18-9-19-45(33-40)55(44-30-28-38(29-31-44)47-22-10-17-37-13-5-6-20-46(37)47)52-25-8-7-21-48(52)49-23-11-24-50-51-34-41-15-3-4-16-42(41)35-53(51)56-54(49)50/h1-35H. The number of hydrogen-bond donors (Lipinski definition) is 0. The molecule has 0 bridgehead atoms. The van der Waals surface area contributed by atoms with Crippen molar-refractivity contribution in [3.63, 3.8) is 0 Å². The van der Waals surface area contributed by atoms with Crippen LogP contribution in [-0.2, 0) is 0 Å². The minimum atomic E-state index is 0.890. The Hall–Kier alpha value is -7.42. The van der Waals surface area contributed by atoms with Crippen LogP contribution in [0, 0.1) is 0 Å². The van der Waals surface area contributed by atoms with E-state index in [1.165, 1.54) is 49.0 Å². The van der Waals surface area contributed by atoms with Crippen molar-refractivity contribution in [3.05, 3.63) is 212 Å². The van der Waals surface area contributed by atoms with E-state index >= 15 is 0 Å². The second-order valence-electron chi connectivity index (χ2n) is 14.5. The predicted molar refractivity (Wildman–Crippen MR) is 237 cm³/mol. The molecule has 56 heavy (non-hydrogen) atoms. The van der Waals surface area contributed by atoms with Crippen LogP contribution in [-0.4, -0.2) is 0 Å². The second kappa shape index (κ2) is 13.2. The van der Waals surface area contributed by atoms with Crippen LogP contribution in [0.4, 0.5) is 17.1 Å². The molecule has 0 aliphatic heterocycles. The lowest BCUT2D eigenvalue weighted by molar-refractivity contribution is 0.670. The van der Waals surface area contributed by atoms with Gasteiger partial charge in [-0.1, -0.05) is 164 Å². The maximum Gasteiger partial charge on any atom is 0.143 e. The Kier molecular flexibility index (Phi) is 7.53. The molecule has 11 aromatic rings.